The Hall–Kier alpha value is -4.20. The molecule has 184 valence electrons. The Morgan fingerprint density at radius 3 is 2.56 bits per heavy atom. The molecule has 1 amide bonds. The van der Waals surface area contributed by atoms with Crippen LogP contribution in [0.2, 0.25) is 0 Å². The number of aromatic nitrogens is 1. The number of hydrogen-bond donors (Lipinski definition) is 1. The second-order valence-electron chi connectivity index (χ2n) is 9.34. The summed E-state index contributed by atoms with van der Waals surface area (Å²) in [6, 6.07) is 18.0. The summed E-state index contributed by atoms with van der Waals surface area (Å²) in [4.78, 5) is 30.9. The number of aryl methyl sites for hydroxylation is 1. The summed E-state index contributed by atoms with van der Waals surface area (Å²) in [6.07, 6.45) is 2.95. The molecule has 0 atom stereocenters. The number of nitrogens with one attached hydrogen (secondary N) is 1. The predicted molar refractivity (Wildman–Crippen MR) is 140 cm³/mol. The summed E-state index contributed by atoms with van der Waals surface area (Å²) in [5.41, 5.74) is 4.61. The molecule has 1 aliphatic rings. The van der Waals surface area contributed by atoms with Gasteiger partial charge in [0.15, 0.2) is 5.58 Å². The summed E-state index contributed by atoms with van der Waals surface area (Å²) in [5, 5.41) is 14.6. The van der Waals surface area contributed by atoms with Crippen molar-refractivity contribution in [3.05, 3.63) is 81.9 Å². The highest BCUT2D eigenvalue weighted by Gasteiger charge is 2.25. The second-order valence-corrected chi connectivity index (χ2v) is 9.34. The van der Waals surface area contributed by atoms with Gasteiger partial charge in [0.25, 0.3) is 11.6 Å². The molecule has 1 N–H and O–H groups in total. The van der Waals surface area contributed by atoms with E-state index < -0.39 is 10.8 Å². The number of fused-ring (bicyclic) bond motifs is 1. The van der Waals surface area contributed by atoms with Gasteiger partial charge in [-0.1, -0.05) is 26.0 Å². The van der Waals surface area contributed by atoms with Gasteiger partial charge in [0.2, 0.25) is 5.89 Å². The van der Waals surface area contributed by atoms with E-state index in [0.29, 0.717) is 34.3 Å². The van der Waals surface area contributed by atoms with Gasteiger partial charge in [-0.25, -0.2) is 4.98 Å². The van der Waals surface area contributed by atoms with E-state index in [4.69, 9.17) is 4.42 Å². The summed E-state index contributed by atoms with van der Waals surface area (Å²) in [6.45, 7) is 5.85. The first kappa shape index (κ1) is 23.5. The molecule has 3 aromatic carbocycles. The number of carbonyl (C=O) groups is 1. The molecule has 0 bridgehead atoms. The zero-order valence-corrected chi connectivity index (χ0v) is 20.4. The lowest BCUT2D eigenvalue weighted by atomic mass is 9.98. The smallest absolute Gasteiger partial charge is 0.293 e. The molecule has 1 fully saturated rings. The van der Waals surface area contributed by atoms with Crippen LogP contribution in [0, 0.1) is 16.0 Å². The topological polar surface area (TPSA) is 102 Å². The van der Waals surface area contributed by atoms with E-state index in [0.717, 1.165) is 37.9 Å². The van der Waals surface area contributed by atoms with Crippen LogP contribution in [-0.4, -0.2) is 28.9 Å². The number of piperidine rings is 1. The standard InChI is InChI=1S/C28H28N4O4/c1-3-19-4-6-20(7-5-19)28-30-23-17-22(9-11-26(23)36-28)29-27(33)21-8-10-24(25(16-21)32(34)35)31-14-12-18(2)13-15-31/h4-11,16-18H,3,12-15H2,1-2H3,(H,29,33). The van der Waals surface area contributed by atoms with Crippen molar-refractivity contribution >= 4 is 34.1 Å². The molecule has 1 aromatic heterocycles. The highest BCUT2D eigenvalue weighted by Crippen LogP contribution is 2.33. The van der Waals surface area contributed by atoms with Gasteiger partial charge in [-0.2, -0.15) is 0 Å². The van der Waals surface area contributed by atoms with E-state index in [9.17, 15) is 14.9 Å². The molecule has 36 heavy (non-hydrogen) atoms. The van der Waals surface area contributed by atoms with E-state index in [1.54, 1.807) is 30.3 Å². The van der Waals surface area contributed by atoms with Gasteiger partial charge >= 0.3 is 0 Å². The molecule has 2 heterocycles. The number of nitrogens with zero attached hydrogens (tertiary/aromatic N) is 3. The SMILES string of the molecule is CCc1ccc(-c2nc3cc(NC(=O)c4ccc(N5CCC(C)CC5)c([N+](=O)[O-])c4)ccc3o2)cc1. The fourth-order valence-electron chi connectivity index (χ4n) is 4.54. The Balaban J connectivity index is 1.35. The van der Waals surface area contributed by atoms with E-state index >= 15 is 0 Å². The van der Waals surface area contributed by atoms with Crippen molar-refractivity contribution in [3.8, 4) is 11.5 Å². The van der Waals surface area contributed by atoms with Crippen molar-refractivity contribution in [2.24, 2.45) is 5.92 Å². The monoisotopic (exact) mass is 484 g/mol. The number of hydrogen-bond acceptors (Lipinski definition) is 6. The lowest BCUT2D eigenvalue weighted by molar-refractivity contribution is -0.384. The van der Waals surface area contributed by atoms with Crippen LogP contribution in [0.3, 0.4) is 0 Å². The van der Waals surface area contributed by atoms with Crippen molar-refractivity contribution in [1.82, 2.24) is 4.98 Å². The number of oxazole rings is 1. The van der Waals surface area contributed by atoms with Crippen LogP contribution in [0.1, 0.15) is 42.6 Å². The average Bonchev–Trinajstić information content (AvgIpc) is 3.32. The quantitative estimate of drug-likeness (QED) is 0.249. The minimum atomic E-state index is -0.421. The van der Waals surface area contributed by atoms with Crippen LogP contribution < -0.4 is 10.2 Å². The number of nitro benzene ring substituents is 1. The van der Waals surface area contributed by atoms with Crippen molar-refractivity contribution in [3.63, 3.8) is 0 Å². The molecular weight excluding hydrogens is 456 g/mol. The van der Waals surface area contributed by atoms with Gasteiger partial charge in [0.1, 0.15) is 11.2 Å². The van der Waals surface area contributed by atoms with Crippen molar-refractivity contribution in [2.75, 3.05) is 23.3 Å². The Morgan fingerprint density at radius 2 is 1.86 bits per heavy atom. The summed E-state index contributed by atoms with van der Waals surface area (Å²) in [5.74, 6) is 0.703. The molecule has 0 radical (unpaired) electrons. The van der Waals surface area contributed by atoms with Gasteiger partial charge in [-0.15, -0.1) is 0 Å². The number of amides is 1. The van der Waals surface area contributed by atoms with Crippen molar-refractivity contribution in [2.45, 2.75) is 33.1 Å². The molecular formula is C28H28N4O4. The number of benzene rings is 3. The fraction of sp³-hybridized carbons (Fsp3) is 0.286. The van der Waals surface area contributed by atoms with Gasteiger partial charge in [-0.3, -0.25) is 14.9 Å². The van der Waals surface area contributed by atoms with E-state index in [1.165, 1.54) is 11.6 Å². The van der Waals surface area contributed by atoms with Gasteiger partial charge in [0, 0.05) is 36.0 Å². The van der Waals surface area contributed by atoms with E-state index in [-0.39, 0.29) is 11.3 Å². The molecule has 0 unspecified atom stereocenters. The third-order valence-electron chi connectivity index (χ3n) is 6.81. The molecule has 0 saturated carbocycles. The third kappa shape index (κ3) is 4.79. The fourth-order valence-corrected chi connectivity index (χ4v) is 4.54. The molecule has 0 aliphatic carbocycles. The number of nitro groups is 1. The van der Waals surface area contributed by atoms with Crippen LogP contribution in [-0.2, 0) is 6.42 Å². The van der Waals surface area contributed by atoms with Crippen molar-refractivity contribution < 1.29 is 14.1 Å². The summed E-state index contributed by atoms with van der Waals surface area (Å²) in [7, 11) is 0. The zero-order valence-electron chi connectivity index (χ0n) is 20.4. The average molecular weight is 485 g/mol. The molecule has 8 nitrogen and oxygen atoms in total. The lowest BCUT2D eigenvalue weighted by Gasteiger charge is -2.31. The molecule has 8 heteroatoms. The number of rotatable bonds is 6. The first-order valence-corrected chi connectivity index (χ1v) is 12.3. The predicted octanol–water partition coefficient (Wildman–Crippen LogP) is 6.45. The minimum absolute atomic E-state index is 0.0529. The minimum Gasteiger partial charge on any atom is -0.436 e. The number of anilines is 2. The maximum absolute atomic E-state index is 13.0. The first-order chi connectivity index (χ1) is 17.4. The van der Waals surface area contributed by atoms with Gasteiger partial charge < -0.3 is 14.6 Å². The molecule has 1 saturated heterocycles. The maximum atomic E-state index is 13.0. The molecule has 4 aromatic rings. The summed E-state index contributed by atoms with van der Waals surface area (Å²) >= 11 is 0. The largest absolute Gasteiger partial charge is 0.436 e. The Bertz CT molecular complexity index is 1420. The Morgan fingerprint density at radius 1 is 1.11 bits per heavy atom. The second kappa shape index (κ2) is 9.81. The Kier molecular flexibility index (Phi) is 6.41. The zero-order chi connectivity index (χ0) is 25.2. The summed E-state index contributed by atoms with van der Waals surface area (Å²) < 4.78 is 5.89. The maximum Gasteiger partial charge on any atom is 0.293 e. The van der Waals surface area contributed by atoms with Gasteiger partial charge in [-0.05, 0) is 73.2 Å². The van der Waals surface area contributed by atoms with E-state index in [1.807, 2.05) is 29.2 Å². The molecule has 0 spiro atoms. The van der Waals surface area contributed by atoms with Crippen LogP contribution >= 0.6 is 0 Å². The van der Waals surface area contributed by atoms with E-state index in [2.05, 4.69) is 24.1 Å². The Labute approximate surface area is 209 Å². The highest BCUT2D eigenvalue weighted by atomic mass is 16.6. The lowest BCUT2D eigenvalue weighted by Crippen LogP contribution is -2.33. The third-order valence-corrected chi connectivity index (χ3v) is 6.81. The highest BCUT2D eigenvalue weighted by molar-refractivity contribution is 6.05. The van der Waals surface area contributed by atoms with Crippen LogP contribution in [0.25, 0.3) is 22.6 Å². The van der Waals surface area contributed by atoms with Gasteiger partial charge in [0.05, 0.1) is 4.92 Å². The molecule has 5 rings (SSSR count). The normalized spacial score (nSPS) is 14.2. The first-order valence-electron chi connectivity index (χ1n) is 12.3. The molecule has 1 aliphatic heterocycles. The van der Waals surface area contributed by atoms with Crippen LogP contribution in [0.15, 0.2) is 65.1 Å². The van der Waals surface area contributed by atoms with Crippen LogP contribution in [0.5, 0.6) is 0 Å². The number of carbonyl (C=O) groups excluding carboxylic acids is 1. The van der Waals surface area contributed by atoms with Crippen LogP contribution in [0.4, 0.5) is 17.1 Å². The van der Waals surface area contributed by atoms with Crippen molar-refractivity contribution in [1.29, 1.82) is 0 Å².